The van der Waals surface area contributed by atoms with Gasteiger partial charge in [-0.1, -0.05) is 17.7 Å². The highest BCUT2D eigenvalue weighted by atomic mass is 35.5. The van der Waals surface area contributed by atoms with Crippen molar-refractivity contribution in [2.24, 2.45) is 0 Å². The van der Waals surface area contributed by atoms with Crippen LogP contribution in [-0.4, -0.2) is 57.2 Å². The van der Waals surface area contributed by atoms with E-state index in [2.05, 4.69) is 5.32 Å². The van der Waals surface area contributed by atoms with Crippen molar-refractivity contribution in [2.45, 2.75) is 18.9 Å². The van der Waals surface area contributed by atoms with Crippen molar-refractivity contribution in [1.29, 1.82) is 0 Å². The average Bonchev–Trinajstić information content (AvgIpc) is 2.77. The van der Waals surface area contributed by atoms with Crippen molar-refractivity contribution in [1.82, 2.24) is 10.2 Å². The Hall–Kier alpha value is -2.93. The molecule has 1 N–H and O–H groups in total. The highest BCUT2D eigenvalue weighted by molar-refractivity contribution is 6.30. The molecule has 160 valence electrons. The first kappa shape index (κ1) is 21.8. The van der Waals surface area contributed by atoms with Gasteiger partial charge in [0, 0.05) is 35.3 Å². The minimum absolute atomic E-state index is 0.0278. The lowest BCUT2D eigenvalue weighted by Crippen LogP contribution is -2.46. The third kappa shape index (κ3) is 4.79. The second-order valence-corrected chi connectivity index (χ2v) is 7.40. The van der Waals surface area contributed by atoms with E-state index >= 15 is 0 Å². The van der Waals surface area contributed by atoms with Gasteiger partial charge in [0.15, 0.2) is 11.5 Å². The summed E-state index contributed by atoms with van der Waals surface area (Å²) in [5, 5.41) is 3.57. The summed E-state index contributed by atoms with van der Waals surface area (Å²) in [5.41, 5.74) is 0.990. The van der Waals surface area contributed by atoms with E-state index in [1.807, 2.05) is 0 Å². The highest BCUT2D eigenvalue weighted by Crippen LogP contribution is 2.38. The van der Waals surface area contributed by atoms with E-state index in [1.165, 1.54) is 21.3 Å². The van der Waals surface area contributed by atoms with Gasteiger partial charge in [-0.05, 0) is 43.2 Å². The van der Waals surface area contributed by atoms with E-state index in [0.29, 0.717) is 59.3 Å². The Morgan fingerprint density at radius 3 is 2.13 bits per heavy atom. The molecule has 7 nitrogen and oxygen atoms in total. The van der Waals surface area contributed by atoms with Gasteiger partial charge in [-0.25, -0.2) is 0 Å². The molecule has 0 spiro atoms. The number of nitrogens with zero attached hydrogens (tertiary/aromatic N) is 1. The summed E-state index contributed by atoms with van der Waals surface area (Å²) in [6, 6.07) is 10.1. The predicted molar refractivity (Wildman–Crippen MR) is 114 cm³/mol. The number of carbonyl (C=O) groups is 2. The van der Waals surface area contributed by atoms with Gasteiger partial charge in [0.05, 0.1) is 21.3 Å². The fourth-order valence-electron chi connectivity index (χ4n) is 3.51. The summed E-state index contributed by atoms with van der Waals surface area (Å²) in [5.74, 6) is 0.998. The summed E-state index contributed by atoms with van der Waals surface area (Å²) in [6.45, 7) is 1.12. The molecule has 0 atom stereocenters. The van der Waals surface area contributed by atoms with Crippen molar-refractivity contribution in [3.63, 3.8) is 0 Å². The van der Waals surface area contributed by atoms with E-state index in [0.717, 1.165) is 0 Å². The lowest BCUT2D eigenvalue weighted by Gasteiger charge is -2.32. The molecule has 0 radical (unpaired) electrons. The van der Waals surface area contributed by atoms with Gasteiger partial charge in [0.2, 0.25) is 5.75 Å². The quantitative estimate of drug-likeness (QED) is 0.757. The largest absolute Gasteiger partial charge is 0.493 e. The Morgan fingerprint density at radius 1 is 0.967 bits per heavy atom. The Balaban J connectivity index is 1.62. The van der Waals surface area contributed by atoms with Gasteiger partial charge >= 0.3 is 0 Å². The minimum atomic E-state index is -0.228. The molecule has 2 aromatic carbocycles. The van der Waals surface area contributed by atoms with Crippen LogP contribution in [0.3, 0.4) is 0 Å². The number of hydrogen-bond donors (Lipinski definition) is 1. The average molecular weight is 433 g/mol. The van der Waals surface area contributed by atoms with Crippen LogP contribution in [0.25, 0.3) is 0 Å². The number of nitrogens with one attached hydrogen (secondary N) is 1. The Labute approximate surface area is 180 Å². The first-order valence-corrected chi connectivity index (χ1v) is 10.00. The maximum Gasteiger partial charge on any atom is 0.253 e. The van der Waals surface area contributed by atoms with E-state index in [4.69, 9.17) is 25.8 Å². The van der Waals surface area contributed by atoms with Crippen molar-refractivity contribution in [3.05, 3.63) is 52.5 Å². The maximum atomic E-state index is 12.8. The van der Waals surface area contributed by atoms with E-state index in [1.54, 1.807) is 41.3 Å². The molecule has 0 aliphatic carbocycles. The van der Waals surface area contributed by atoms with Crippen LogP contribution in [0.15, 0.2) is 36.4 Å². The Morgan fingerprint density at radius 2 is 1.60 bits per heavy atom. The van der Waals surface area contributed by atoms with Gasteiger partial charge in [0.25, 0.3) is 11.8 Å². The molecule has 1 aliphatic rings. The second-order valence-electron chi connectivity index (χ2n) is 6.96. The van der Waals surface area contributed by atoms with Crippen molar-refractivity contribution < 1.29 is 23.8 Å². The molecule has 1 aliphatic heterocycles. The predicted octanol–water partition coefficient (Wildman–Crippen LogP) is 3.40. The second kappa shape index (κ2) is 9.71. The molecular weight excluding hydrogens is 408 g/mol. The number of benzene rings is 2. The normalized spacial score (nSPS) is 14.2. The van der Waals surface area contributed by atoms with Crippen LogP contribution in [0.1, 0.15) is 33.6 Å². The van der Waals surface area contributed by atoms with Crippen LogP contribution in [-0.2, 0) is 0 Å². The third-order valence-corrected chi connectivity index (χ3v) is 5.35. The summed E-state index contributed by atoms with van der Waals surface area (Å²) in [4.78, 5) is 27.2. The highest BCUT2D eigenvalue weighted by Gasteiger charge is 2.26. The molecule has 1 heterocycles. The van der Waals surface area contributed by atoms with Crippen molar-refractivity contribution in [2.75, 3.05) is 34.4 Å². The van der Waals surface area contributed by atoms with Crippen LogP contribution in [0, 0.1) is 0 Å². The molecule has 0 saturated carbocycles. The zero-order valence-electron chi connectivity index (χ0n) is 17.2. The summed E-state index contributed by atoms with van der Waals surface area (Å²) < 4.78 is 15.9. The zero-order valence-corrected chi connectivity index (χ0v) is 18.0. The van der Waals surface area contributed by atoms with Crippen LogP contribution >= 0.6 is 11.6 Å². The standard InChI is InChI=1S/C22H25ClN2O5/c1-28-18-12-15(13-19(29-2)20(18)30-3)21(26)24-17-7-9-25(10-8-17)22(27)14-5-4-6-16(23)11-14/h4-6,11-13,17H,7-10H2,1-3H3,(H,24,26). The molecule has 2 aromatic rings. The number of methoxy groups -OCH3 is 3. The number of halogens is 1. The number of piperidine rings is 1. The first-order valence-electron chi connectivity index (χ1n) is 9.62. The van der Waals surface area contributed by atoms with Crippen LogP contribution in [0.2, 0.25) is 5.02 Å². The van der Waals surface area contributed by atoms with Gasteiger partial charge < -0.3 is 24.4 Å². The molecule has 1 saturated heterocycles. The minimum Gasteiger partial charge on any atom is -0.493 e. The number of carbonyl (C=O) groups excluding carboxylic acids is 2. The number of amides is 2. The van der Waals surface area contributed by atoms with Gasteiger partial charge in [-0.3, -0.25) is 9.59 Å². The summed E-state index contributed by atoms with van der Waals surface area (Å²) >= 11 is 5.98. The molecule has 0 aromatic heterocycles. The van der Waals surface area contributed by atoms with Gasteiger partial charge in [-0.15, -0.1) is 0 Å². The van der Waals surface area contributed by atoms with E-state index in [-0.39, 0.29) is 17.9 Å². The molecule has 8 heteroatoms. The summed E-state index contributed by atoms with van der Waals surface area (Å²) in [7, 11) is 4.52. The molecule has 1 fully saturated rings. The van der Waals surface area contributed by atoms with E-state index in [9.17, 15) is 9.59 Å². The fourth-order valence-corrected chi connectivity index (χ4v) is 3.70. The number of likely N-dealkylation sites (tertiary alicyclic amines) is 1. The number of hydrogen-bond acceptors (Lipinski definition) is 5. The Kier molecular flexibility index (Phi) is 7.05. The Bertz CT molecular complexity index is 900. The molecule has 0 bridgehead atoms. The SMILES string of the molecule is COc1cc(C(=O)NC2CCN(C(=O)c3cccc(Cl)c3)CC2)cc(OC)c1OC. The van der Waals surface area contributed by atoms with Gasteiger partial charge in [0.1, 0.15) is 0 Å². The van der Waals surface area contributed by atoms with Crippen LogP contribution in [0.5, 0.6) is 17.2 Å². The molecular formula is C22H25ClN2O5. The van der Waals surface area contributed by atoms with Crippen molar-refractivity contribution >= 4 is 23.4 Å². The van der Waals surface area contributed by atoms with Crippen molar-refractivity contribution in [3.8, 4) is 17.2 Å². The number of ether oxygens (including phenoxy) is 3. The number of rotatable bonds is 6. The molecule has 3 rings (SSSR count). The topological polar surface area (TPSA) is 77.1 Å². The third-order valence-electron chi connectivity index (χ3n) is 5.12. The lowest BCUT2D eigenvalue weighted by atomic mass is 10.0. The van der Waals surface area contributed by atoms with Crippen LogP contribution < -0.4 is 19.5 Å². The van der Waals surface area contributed by atoms with Gasteiger partial charge in [-0.2, -0.15) is 0 Å². The molecule has 2 amide bonds. The molecule has 0 unspecified atom stereocenters. The zero-order chi connectivity index (χ0) is 21.7. The fraction of sp³-hybridized carbons (Fsp3) is 0.364. The smallest absolute Gasteiger partial charge is 0.253 e. The van der Waals surface area contributed by atoms with Crippen LogP contribution in [0.4, 0.5) is 0 Å². The first-order chi connectivity index (χ1) is 14.5. The summed E-state index contributed by atoms with van der Waals surface area (Å²) in [6.07, 6.45) is 1.34. The van der Waals surface area contributed by atoms with E-state index < -0.39 is 0 Å². The lowest BCUT2D eigenvalue weighted by molar-refractivity contribution is 0.0698. The maximum absolute atomic E-state index is 12.8. The molecule has 30 heavy (non-hydrogen) atoms. The monoisotopic (exact) mass is 432 g/mol.